The molecule has 3 aromatic rings. The van der Waals surface area contributed by atoms with Gasteiger partial charge >= 0.3 is 6.18 Å². The van der Waals surface area contributed by atoms with Crippen molar-refractivity contribution in [3.63, 3.8) is 0 Å². The molecule has 0 saturated carbocycles. The summed E-state index contributed by atoms with van der Waals surface area (Å²) in [5.41, 5.74) is 0.972. The Morgan fingerprint density at radius 3 is 2.48 bits per heavy atom. The van der Waals surface area contributed by atoms with Gasteiger partial charge in [-0.2, -0.15) is 13.2 Å². The molecule has 1 heterocycles. The number of nitrogens with zero attached hydrogens (tertiary/aromatic N) is 1. The molecule has 2 nitrogen and oxygen atoms in total. The van der Waals surface area contributed by atoms with Crippen molar-refractivity contribution in [3.8, 4) is 16.9 Å². The second kappa shape index (κ2) is 8.62. The molecule has 1 aromatic heterocycles. The lowest BCUT2D eigenvalue weighted by molar-refractivity contribution is -0.139. The van der Waals surface area contributed by atoms with E-state index in [0.717, 1.165) is 12.5 Å². The van der Waals surface area contributed by atoms with E-state index in [2.05, 4.69) is 18.8 Å². The number of rotatable bonds is 6. The summed E-state index contributed by atoms with van der Waals surface area (Å²) in [5, 5.41) is 1.20. The van der Waals surface area contributed by atoms with E-state index in [1.54, 1.807) is 36.5 Å². The molecule has 3 rings (SSSR count). The first-order valence-corrected chi connectivity index (χ1v) is 9.91. The van der Waals surface area contributed by atoms with Crippen molar-refractivity contribution in [2.45, 2.75) is 33.4 Å². The van der Waals surface area contributed by atoms with Crippen molar-refractivity contribution in [2.24, 2.45) is 11.8 Å². The van der Waals surface area contributed by atoms with Crippen LogP contribution in [0.1, 0.15) is 32.8 Å². The SMILES string of the molecule is CC(C)CC(C)COc1ccc(-c2ccnc3ccc(Cl)cc23)cc1C(F)(F)F. The van der Waals surface area contributed by atoms with Gasteiger partial charge < -0.3 is 4.74 Å². The Balaban J connectivity index is 2.00. The molecule has 0 amide bonds. The van der Waals surface area contributed by atoms with Crippen LogP contribution in [0.4, 0.5) is 13.2 Å². The Labute approximate surface area is 173 Å². The third-order valence-corrected chi connectivity index (χ3v) is 4.93. The van der Waals surface area contributed by atoms with Crippen molar-refractivity contribution in [1.82, 2.24) is 4.98 Å². The van der Waals surface area contributed by atoms with Gasteiger partial charge in [-0.25, -0.2) is 0 Å². The summed E-state index contributed by atoms with van der Waals surface area (Å²) in [6.45, 7) is 6.39. The second-order valence-corrected chi connectivity index (χ2v) is 8.21. The molecule has 0 N–H and O–H groups in total. The molecule has 1 atom stereocenters. The van der Waals surface area contributed by atoms with Gasteiger partial charge in [0.15, 0.2) is 0 Å². The number of pyridine rings is 1. The van der Waals surface area contributed by atoms with Gasteiger partial charge in [0, 0.05) is 16.6 Å². The highest BCUT2D eigenvalue weighted by molar-refractivity contribution is 6.31. The summed E-state index contributed by atoms with van der Waals surface area (Å²) < 4.78 is 46.8. The molecule has 0 radical (unpaired) electrons. The minimum absolute atomic E-state index is 0.145. The second-order valence-electron chi connectivity index (χ2n) is 7.77. The predicted molar refractivity (Wildman–Crippen MR) is 111 cm³/mol. The Morgan fingerprint density at radius 1 is 1.03 bits per heavy atom. The van der Waals surface area contributed by atoms with Crippen LogP contribution >= 0.6 is 11.6 Å². The number of alkyl halides is 3. The van der Waals surface area contributed by atoms with E-state index in [0.29, 0.717) is 33.0 Å². The summed E-state index contributed by atoms with van der Waals surface area (Å²) in [6, 6.07) is 11.0. The zero-order valence-corrected chi connectivity index (χ0v) is 17.3. The van der Waals surface area contributed by atoms with Crippen molar-refractivity contribution < 1.29 is 17.9 Å². The standard InChI is InChI=1S/C23H23ClF3NO/c1-14(2)10-15(3)13-29-22-7-4-16(11-20(22)23(25,26)27)18-8-9-28-21-6-5-17(24)12-19(18)21/h4-9,11-12,14-15H,10,13H2,1-3H3. The molecular formula is C23H23ClF3NO. The highest BCUT2D eigenvalue weighted by Crippen LogP contribution is 2.40. The molecule has 154 valence electrons. The maximum absolute atomic E-state index is 13.7. The van der Waals surface area contributed by atoms with E-state index in [9.17, 15) is 13.2 Å². The van der Waals surface area contributed by atoms with Gasteiger partial charge in [-0.15, -0.1) is 0 Å². The number of benzene rings is 2. The molecule has 1 unspecified atom stereocenters. The van der Waals surface area contributed by atoms with E-state index in [1.165, 1.54) is 6.07 Å². The number of fused-ring (bicyclic) bond motifs is 1. The molecule has 6 heteroatoms. The average molecular weight is 422 g/mol. The van der Waals surface area contributed by atoms with Gasteiger partial charge in [-0.1, -0.05) is 38.4 Å². The Bertz CT molecular complexity index is 1000. The lowest BCUT2D eigenvalue weighted by atomic mass is 9.98. The first-order chi connectivity index (χ1) is 13.6. The smallest absolute Gasteiger partial charge is 0.419 e. The first-order valence-electron chi connectivity index (χ1n) is 9.54. The summed E-state index contributed by atoms with van der Waals surface area (Å²) in [7, 11) is 0. The molecular weight excluding hydrogens is 399 g/mol. The van der Waals surface area contributed by atoms with Gasteiger partial charge in [-0.3, -0.25) is 4.98 Å². The monoisotopic (exact) mass is 421 g/mol. The zero-order chi connectivity index (χ0) is 21.2. The number of halogens is 4. The highest BCUT2D eigenvalue weighted by Gasteiger charge is 2.35. The van der Waals surface area contributed by atoms with Gasteiger partial charge in [0.25, 0.3) is 0 Å². The number of hydrogen-bond donors (Lipinski definition) is 0. The van der Waals surface area contributed by atoms with E-state index < -0.39 is 11.7 Å². The van der Waals surface area contributed by atoms with Crippen LogP contribution in [-0.4, -0.2) is 11.6 Å². The van der Waals surface area contributed by atoms with Crippen molar-refractivity contribution >= 4 is 22.5 Å². The van der Waals surface area contributed by atoms with E-state index in [1.807, 2.05) is 6.92 Å². The third kappa shape index (κ3) is 5.21. The topological polar surface area (TPSA) is 22.1 Å². The van der Waals surface area contributed by atoms with Crippen LogP contribution in [-0.2, 0) is 6.18 Å². The van der Waals surface area contributed by atoms with Gasteiger partial charge in [0.05, 0.1) is 17.7 Å². The van der Waals surface area contributed by atoms with Crippen molar-refractivity contribution in [3.05, 3.63) is 59.2 Å². The van der Waals surface area contributed by atoms with Crippen LogP contribution < -0.4 is 4.74 Å². The molecule has 29 heavy (non-hydrogen) atoms. The number of hydrogen-bond acceptors (Lipinski definition) is 2. The zero-order valence-electron chi connectivity index (χ0n) is 16.6. The molecule has 0 aliphatic heterocycles. The molecule has 0 aliphatic carbocycles. The van der Waals surface area contributed by atoms with Crippen LogP contribution in [0.3, 0.4) is 0 Å². The third-order valence-electron chi connectivity index (χ3n) is 4.70. The van der Waals surface area contributed by atoms with Crippen LogP contribution in [0.25, 0.3) is 22.0 Å². The van der Waals surface area contributed by atoms with E-state index in [4.69, 9.17) is 16.3 Å². The number of aromatic nitrogens is 1. The molecule has 0 aliphatic rings. The fraction of sp³-hybridized carbons (Fsp3) is 0.348. The minimum atomic E-state index is -4.52. The fourth-order valence-corrected chi connectivity index (χ4v) is 3.69. The minimum Gasteiger partial charge on any atom is -0.493 e. The van der Waals surface area contributed by atoms with Crippen LogP contribution in [0.2, 0.25) is 5.02 Å². The lowest BCUT2D eigenvalue weighted by Crippen LogP contribution is -2.14. The largest absolute Gasteiger partial charge is 0.493 e. The number of ether oxygens (including phenoxy) is 1. The normalized spacial score (nSPS) is 13.1. The Morgan fingerprint density at radius 2 is 1.79 bits per heavy atom. The van der Waals surface area contributed by atoms with Crippen LogP contribution in [0.5, 0.6) is 5.75 Å². The van der Waals surface area contributed by atoms with Crippen molar-refractivity contribution in [2.75, 3.05) is 6.61 Å². The maximum Gasteiger partial charge on any atom is 0.419 e. The Kier molecular flexibility index (Phi) is 6.37. The van der Waals surface area contributed by atoms with Gasteiger partial charge in [0.2, 0.25) is 0 Å². The lowest BCUT2D eigenvalue weighted by Gasteiger charge is -2.19. The molecule has 2 aromatic carbocycles. The van der Waals surface area contributed by atoms with E-state index >= 15 is 0 Å². The summed E-state index contributed by atoms with van der Waals surface area (Å²) >= 11 is 6.09. The highest BCUT2D eigenvalue weighted by atomic mass is 35.5. The van der Waals surface area contributed by atoms with Gasteiger partial charge in [0.1, 0.15) is 5.75 Å². The quantitative estimate of drug-likeness (QED) is 0.408. The van der Waals surface area contributed by atoms with E-state index in [-0.39, 0.29) is 18.3 Å². The molecule has 0 fully saturated rings. The molecule has 0 spiro atoms. The van der Waals surface area contributed by atoms with Crippen LogP contribution in [0.15, 0.2) is 48.7 Å². The maximum atomic E-state index is 13.7. The van der Waals surface area contributed by atoms with Crippen molar-refractivity contribution in [1.29, 1.82) is 0 Å². The summed E-state index contributed by atoms with van der Waals surface area (Å²) in [5.74, 6) is 0.486. The molecule has 0 saturated heterocycles. The summed E-state index contributed by atoms with van der Waals surface area (Å²) in [4.78, 5) is 4.26. The van der Waals surface area contributed by atoms with Gasteiger partial charge in [-0.05, 0) is 65.8 Å². The average Bonchev–Trinajstić information content (AvgIpc) is 2.64. The predicted octanol–water partition coefficient (Wildman–Crippen LogP) is 7.64. The fourth-order valence-electron chi connectivity index (χ4n) is 3.52. The summed E-state index contributed by atoms with van der Waals surface area (Å²) in [6.07, 6.45) is -2.05. The van der Waals surface area contributed by atoms with Crippen LogP contribution in [0, 0.1) is 11.8 Å². The Hall–Kier alpha value is -2.27. The first kappa shape index (κ1) is 21.4. The molecule has 0 bridgehead atoms.